The van der Waals surface area contributed by atoms with Crippen LogP contribution in [0.25, 0.3) is 0 Å². The van der Waals surface area contributed by atoms with Gasteiger partial charge < -0.3 is 10.1 Å². The van der Waals surface area contributed by atoms with Crippen molar-refractivity contribution >= 4 is 22.5 Å². The van der Waals surface area contributed by atoms with E-state index in [0.29, 0.717) is 17.6 Å². The minimum atomic E-state index is -0.215. The lowest BCUT2D eigenvalue weighted by molar-refractivity contribution is -0.0672. The van der Waals surface area contributed by atoms with Gasteiger partial charge in [-0.1, -0.05) is 11.3 Å². The van der Waals surface area contributed by atoms with Crippen LogP contribution in [0.3, 0.4) is 0 Å². The fourth-order valence-corrected chi connectivity index (χ4v) is 3.62. The predicted molar refractivity (Wildman–Crippen MR) is 85.4 cm³/mol. The van der Waals surface area contributed by atoms with Crippen LogP contribution in [-0.2, 0) is 4.74 Å². The predicted octanol–water partition coefficient (Wildman–Crippen LogP) is 1.65. The van der Waals surface area contributed by atoms with E-state index in [1.807, 2.05) is 0 Å². The Balaban J connectivity index is 1.36. The molecule has 0 aromatic carbocycles. The lowest BCUT2D eigenvalue weighted by atomic mass is 10.2. The zero-order valence-corrected chi connectivity index (χ0v) is 13.9. The summed E-state index contributed by atoms with van der Waals surface area (Å²) in [5, 5.41) is 15.3. The minimum Gasteiger partial charge on any atom is -0.373 e. The van der Waals surface area contributed by atoms with Gasteiger partial charge in [0.1, 0.15) is 5.01 Å². The second-order valence-corrected chi connectivity index (χ2v) is 7.13. The van der Waals surface area contributed by atoms with Gasteiger partial charge in [-0.2, -0.15) is 0 Å². The molecule has 8 heteroatoms. The first-order valence-electron chi connectivity index (χ1n) is 7.86. The lowest BCUT2D eigenvalue weighted by Gasteiger charge is -2.35. The third-order valence-electron chi connectivity index (χ3n) is 3.80. The summed E-state index contributed by atoms with van der Waals surface area (Å²) in [6, 6.07) is -0.215. The molecule has 122 valence electrons. The number of nitrogens with zero attached hydrogens (tertiary/aromatic N) is 3. The van der Waals surface area contributed by atoms with E-state index in [1.54, 1.807) is 0 Å². The fourth-order valence-electron chi connectivity index (χ4n) is 2.72. The Hall–Kier alpha value is -1.25. The number of nitrogens with one attached hydrogen (secondary N) is 2. The number of rotatable bonds is 5. The first-order chi connectivity index (χ1) is 10.6. The second-order valence-electron chi connectivity index (χ2n) is 6.12. The molecular formula is C14H23N5O2S. The third-order valence-corrected chi connectivity index (χ3v) is 4.80. The highest BCUT2D eigenvalue weighted by Crippen LogP contribution is 2.41. The van der Waals surface area contributed by atoms with Crippen molar-refractivity contribution in [1.29, 1.82) is 0 Å². The maximum absolute atomic E-state index is 11.9. The quantitative estimate of drug-likeness (QED) is 0.860. The van der Waals surface area contributed by atoms with E-state index in [0.717, 1.165) is 24.6 Å². The molecule has 1 aromatic heterocycles. The van der Waals surface area contributed by atoms with Gasteiger partial charge in [0, 0.05) is 32.1 Å². The van der Waals surface area contributed by atoms with E-state index in [-0.39, 0.29) is 18.2 Å². The van der Waals surface area contributed by atoms with Crippen molar-refractivity contribution in [2.24, 2.45) is 0 Å². The average Bonchev–Trinajstić information content (AvgIpc) is 3.19. The first-order valence-corrected chi connectivity index (χ1v) is 8.68. The zero-order valence-electron chi connectivity index (χ0n) is 13.0. The topological polar surface area (TPSA) is 79.4 Å². The second kappa shape index (κ2) is 6.89. The van der Waals surface area contributed by atoms with E-state index in [4.69, 9.17) is 4.74 Å². The van der Waals surface area contributed by atoms with Gasteiger partial charge in [-0.05, 0) is 26.7 Å². The number of ether oxygens (including phenoxy) is 1. The summed E-state index contributed by atoms with van der Waals surface area (Å²) in [5.41, 5.74) is 0. The number of urea groups is 1. The summed E-state index contributed by atoms with van der Waals surface area (Å²) in [7, 11) is 0. The molecule has 1 saturated heterocycles. The molecule has 0 spiro atoms. The van der Waals surface area contributed by atoms with E-state index in [2.05, 4.69) is 39.6 Å². The Labute approximate surface area is 134 Å². The summed E-state index contributed by atoms with van der Waals surface area (Å²) < 4.78 is 5.69. The Morgan fingerprint density at radius 3 is 2.73 bits per heavy atom. The van der Waals surface area contributed by atoms with Crippen LogP contribution >= 0.6 is 11.3 Å². The maximum atomic E-state index is 11.9. The van der Waals surface area contributed by atoms with Gasteiger partial charge in [0.05, 0.1) is 12.2 Å². The van der Waals surface area contributed by atoms with Crippen molar-refractivity contribution in [2.75, 3.05) is 31.5 Å². The van der Waals surface area contributed by atoms with Crippen molar-refractivity contribution in [2.45, 2.75) is 44.8 Å². The largest absolute Gasteiger partial charge is 0.373 e. The number of anilines is 1. The molecule has 22 heavy (non-hydrogen) atoms. The number of amides is 2. The smallest absolute Gasteiger partial charge is 0.321 e. The summed E-state index contributed by atoms with van der Waals surface area (Å²) in [4.78, 5) is 14.2. The highest BCUT2D eigenvalue weighted by Gasteiger charge is 2.27. The van der Waals surface area contributed by atoms with Gasteiger partial charge in [0.15, 0.2) is 0 Å². The molecule has 2 fully saturated rings. The summed E-state index contributed by atoms with van der Waals surface area (Å²) >= 11 is 1.47. The molecule has 0 radical (unpaired) electrons. The van der Waals surface area contributed by atoms with Gasteiger partial charge in [-0.3, -0.25) is 10.2 Å². The van der Waals surface area contributed by atoms with Crippen molar-refractivity contribution in [3.05, 3.63) is 5.01 Å². The number of aromatic nitrogens is 2. The van der Waals surface area contributed by atoms with Crippen LogP contribution in [0.5, 0.6) is 0 Å². The van der Waals surface area contributed by atoms with Gasteiger partial charge in [0.25, 0.3) is 0 Å². The van der Waals surface area contributed by atoms with Crippen molar-refractivity contribution in [3.8, 4) is 0 Å². The number of carbonyl (C=O) groups is 1. The van der Waals surface area contributed by atoms with Crippen LogP contribution in [0.15, 0.2) is 0 Å². The average molecular weight is 325 g/mol. The highest BCUT2D eigenvalue weighted by molar-refractivity contribution is 7.15. The van der Waals surface area contributed by atoms with Gasteiger partial charge >= 0.3 is 6.03 Å². The Kier molecular flexibility index (Phi) is 4.90. The first kappa shape index (κ1) is 15.6. The molecular weight excluding hydrogens is 302 g/mol. The van der Waals surface area contributed by atoms with Crippen LogP contribution < -0.4 is 10.6 Å². The van der Waals surface area contributed by atoms with Gasteiger partial charge in [-0.25, -0.2) is 4.79 Å². The summed E-state index contributed by atoms with van der Waals surface area (Å²) in [6.45, 7) is 7.42. The molecule has 7 nitrogen and oxygen atoms in total. The van der Waals surface area contributed by atoms with Crippen LogP contribution in [0.2, 0.25) is 0 Å². The number of morpholine rings is 1. The standard InChI is InChI=1S/C14H23N5O2S/c1-9-7-19(8-10(2)21-9)6-5-15-13(20)16-14-18-17-12(22-14)11-3-4-11/h9-11H,3-8H2,1-2H3,(H2,15,16,18,20)/t9-,10-/m1/s1. The molecule has 2 N–H and O–H groups in total. The normalized spacial score (nSPS) is 25.9. The summed E-state index contributed by atoms with van der Waals surface area (Å²) in [6.07, 6.45) is 2.88. The van der Waals surface area contributed by atoms with E-state index >= 15 is 0 Å². The molecule has 2 amide bonds. The number of hydrogen-bond donors (Lipinski definition) is 2. The SMILES string of the molecule is C[C@@H]1CN(CCNC(=O)Nc2nnc(C3CC3)s2)C[C@@H](C)O1. The monoisotopic (exact) mass is 325 g/mol. The molecule has 0 bridgehead atoms. The van der Waals surface area contributed by atoms with Crippen molar-refractivity contribution < 1.29 is 9.53 Å². The molecule has 0 unspecified atom stereocenters. The van der Waals surface area contributed by atoms with Crippen LogP contribution in [-0.4, -0.2) is 59.5 Å². The molecule has 2 aliphatic rings. The van der Waals surface area contributed by atoms with Gasteiger partial charge in [-0.15, -0.1) is 10.2 Å². The molecule has 2 atom stereocenters. The van der Waals surface area contributed by atoms with E-state index < -0.39 is 0 Å². The fraction of sp³-hybridized carbons (Fsp3) is 0.786. The molecule has 3 rings (SSSR count). The maximum Gasteiger partial charge on any atom is 0.321 e. The van der Waals surface area contributed by atoms with E-state index in [1.165, 1.54) is 24.2 Å². The molecule has 1 saturated carbocycles. The Morgan fingerprint density at radius 2 is 2.05 bits per heavy atom. The Morgan fingerprint density at radius 1 is 1.32 bits per heavy atom. The molecule has 1 aliphatic carbocycles. The zero-order chi connectivity index (χ0) is 15.5. The highest BCUT2D eigenvalue weighted by atomic mass is 32.1. The van der Waals surface area contributed by atoms with Crippen LogP contribution in [0.1, 0.15) is 37.6 Å². The lowest BCUT2D eigenvalue weighted by Crippen LogP contribution is -2.48. The number of carbonyl (C=O) groups excluding carboxylic acids is 1. The summed E-state index contributed by atoms with van der Waals surface area (Å²) in [5.74, 6) is 0.571. The van der Waals surface area contributed by atoms with E-state index in [9.17, 15) is 4.79 Å². The Bertz CT molecular complexity index is 509. The third kappa shape index (κ3) is 4.37. The van der Waals surface area contributed by atoms with Crippen molar-refractivity contribution in [1.82, 2.24) is 20.4 Å². The van der Waals surface area contributed by atoms with Crippen LogP contribution in [0, 0.1) is 0 Å². The van der Waals surface area contributed by atoms with Crippen molar-refractivity contribution in [3.63, 3.8) is 0 Å². The number of hydrogen-bond acceptors (Lipinski definition) is 6. The van der Waals surface area contributed by atoms with Crippen LogP contribution in [0.4, 0.5) is 9.93 Å². The van der Waals surface area contributed by atoms with Gasteiger partial charge in [0.2, 0.25) is 5.13 Å². The molecule has 1 aromatic rings. The molecule has 2 heterocycles. The minimum absolute atomic E-state index is 0.215. The molecule has 1 aliphatic heterocycles.